The number of nitrogens with two attached hydrogens (primary N) is 1. The van der Waals surface area contributed by atoms with E-state index in [9.17, 15) is 0 Å². The summed E-state index contributed by atoms with van der Waals surface area (Å²) >= 11 is 0. The van der Waals surface area contributed by atoms with Crippen molar-refractivity contribution in [1.82, 2.24) is 0 Å². The van der Waals surface area contributed by atoms with Crippen LogP contribution in [0.3, 0.4) is 0 Å². The van der Waals surface area contributed by atoms with E-state index in [0.717, 1.165) is 31.7 Å². The van der Waals surface area contributed by atoms with Gasteiger partial charge in [-0.25, -0.2) is 0 Å². The molecule has 0 fully saturated rings. The fourth-order valence-electron chi connectivity index (χ4n) is 2.18. The van der Waals surface area contributed by atoms with Crippen LogP contribution in [0.5, 0.6) is 5.75 Å². The smallest absolute Gasteiger partial charge is 0.119 e. The molecule has 1 aromatic carbocycles. The molecule has 0 aromatic heterocycles. The van der Waals surface area contributed by atoms with Gasteiger partial charge in [0, 0.05) is 0 Å². The van der Waals surface area contributed by atoms with Gasteiger partial charge in [-0.05, 0) is 55.5 Å². The molecule has 0 atom stereocenters. The summed E-state index contributed by atoms with van der Waals surface area (Å²) in [5.41, 5.74) is 8.19. The van der Waals surface area contributed by atoms with Crippen molar-refractivity contribution in [3.8, 4) is 5.75 Å². The van der Waals surface area contributed by atoms with Crippen molar-refractivity contribution < 1.29 is 4.74 Å². The van der Waals surface area contributed by atoms with Crippen LogP contribution < -0.4 is 10.5 Å². The topological polar surface area (TPSA) is 35.2 Å². The highest BCUT2D eigenvalue weighted by molar-refractivity contribution is 5.36. The van der Waals surface area contributed by atoms with Crippen molar-refractivity contribution in [1.29, 1.82) is 0 Å². The van der Waals surface area contributed by atoms with E-state index >= 15 is 0 Å². The van der Waals surface area contributed by atoms with E-state index in [1.807, 2.05) is 0 Å². The predicted molar refractivity (Wildman–Crippen MR) is 78.3 cm³/mol. The Kier molecular flexibility index (Phi) is 6.81. The van der Waals surface area contributed by atoms with E-state index in [1.165, 1.54) is 24.0 Å². The lowest BCUT2D eigenvalue weighted by molar-refractivity contribution is 0.304. The second-order valence-electron chi connectivity index (χ2n) is 5.22. The van der Waals surface area contributed by atoms with Crippen LogP contribution in [-0.2, 0) is 0 Å². The van der Waals surface area contributed by atoms with Gasteiger partial charge in [0.2, 0.25) is 0 Å². The van der Waals surface area contributed by atoms with Crippen LogP contribution in [0.1, 0.15) is 56.6 Å². The molecule has 0 bridgehead atoms. The van der Waals surface area contributed by atoms with Gasteiger partial charge in [-0.3, -0.25) is 0 Å². The summed E-state index contributed by atoms with van der Waals surface area (Å²) < 4.78 is 5.77. The Morgan fingerprint density at radius 2 is 1.83 bits per heavy atom. The molecule has 0 saturated heterocycles. The third kappa shape index (κ3) is 5.09. The average Bonchev–Trinajstić information content (AvgIpc) is 2.33. The molecule has 0 saturated carbocycles. The van der Waals surface area contributed by atoms with Crippen molar-refractivity contribution >= 4 is 0 Å². The fourth-order valence-corrected chi connectivity index (χ4v) is 2.18. The Balaban J connectivity index is 2.33. The molecule has 0 unspecified atom stereocenters. The van der Waals surface area contributed by atoms with Gasteiger partial charge < -0.3 is 10.5 Å². The van der Waals surface area contributed by atoms with Gasteiger partial charge in [-0.1, -0.05) is 32.8 Å². The van der Waals surface area contributed by atoms with Crippen molar-refractivity contribution in [2.75, 3.05) is 13.2 Å². The number of benzene rings is 1. The van der Waals surface area contributed by atoms with Gasteiger partial charge in [-0.2, -0.15) is 0 Å². The molecule has 0 aliphatic carbocycles. The van der Waals surface area contributed by atoms with Crippen LogP contribution in [0, 0.1) is 6.92 Å². The van der Waals surface area contributed by atoms with Crippen LogP contribution >= 0.6 is 0 Å². The molecular formula is C16H27NO. The van der Waals surface area contributed by atoms with Gasteiger partial charge in [0.1, 0.15) is 5.75 Å². The SMILES string of the molecule is Cc1cc(OCCCCCCN)ccc1C(C)C. The zero-order valence-electron chi connectivity index (χ0n) is 12.0. The fraction of sp³-hybridized carbons (Fsp3) is 0.625. The van der Waals surface area contributed by atoms with Gasteiger partial charge in [-0.15, -0.1) is 0 Å². The molecule has 0 aliphatic rings. The van der Waals surface area contributed by atoms with E-state index in [-0.39, 0.29) is 0 Å². The highest BCUT2D eigenvalue weighted by atomic mass is 16.5. The first-order valence-corrected chi connectivity index (χ1v) is 7.08. The lowest BCUT2D eigenvalue weighted by Crippen LogP contribution is -2.01. The summed E-state index contributed by atoms with van der Waals surface area (Å²) in [5.74, 6) is 1.58. The third-order valence-electron chi connectivity index (χ3n) is 3.23. The maximum Gasteiger partial charge on any atom is 0.119 e. The normalized spacial score (nSPS) is 10.9. The summed E-state index contributed by atoms with van der Waals surface area (Å²) in [6.45, 7) is 8.21. The number of unbranched alkanes of at least 4 members (excludes halogenated alkanes) is 3. The quantitative estimate of drug-likeness (QED) is 0.706. The molecule has 2 N–H and O–H groups in total. The molecule has 0 heterocycles. The number of ether oxygens (including phenoxy) is 1. The first-order valence-electron chi connectivity index (χ1n) is 7.08. The molecule has 0 radical (unpaired) electrons. The molecule has 1 rings (SSSR count). The summed E-state index contributed by atoms with van der Waals surface area (Å²) in [5, 5.41) is 0. The van der Waals surface area contributed by atoms with E-state index in [0.29, 0.717) is 5.92 Å². The number of hydrogen-bond acceptors (Lipinski definition) is 2. The van der Waals surface area contributed by atoms with E-state index in [2.05, 4.69) is 39.0 Å². The number of hydrogen-bond donors (Lipinski definition) is 1. The summed E-state index contributed by atoms with van der Waals surface area (Å²) in [4.78, 5) is 0. The number of aryl methyl sites for hydroxylation is 1. The summed E-state index contributed by atoms with van der Waals surface area (Å²) in [7, 11) is 0. The third-order valence-corrected chi connectivity index (χ3v) is 3.23. The van der Waals surface area contributed by atoms with Crippen LogP contribution in [0.2, 0.25) is 0 Å². The average molecular weight is 249 g/mol. The van der Waals surface area contributed by atoms with Crippen LogP contribution in [0.25, 0.3) is 0 Å². The van der Waals surface area contributed by atoms with Gasteiger partial charge in [0.05, 0.1) is 6.61 Å². The minimum absolute atomic E-state index is 0.579. The molecule has 0 aliphatic heterocycles. The van der Waals surface area contributed by atoms with Crippen molar-refractivity contribution in [2.24, 2.45) is 5.73 Å². The Hall–Kier alpha value is -1.02. The minimum atomic E-state index is 0.579. The number of rotatable bonds is 8. The molecule has 2 nitrogen and oxygen atoms in total. The largest absolute Gasteiger partial charge is 0.494 e. The monoisotopic (exact) mass is 249 g/mol. The summed E-state index contributed by atoms with van der Waals surface area (Å²) in [6.07, 6.45) is 4.67. The molecule has 0 spiro atoms. The Labute approximate surface area is 112 Å². The highest BCUT2D eigenvalue weighted by Crippen LogP contribution is 2.23. The van der Waals surface area contributed by atoms with Gasteiger partial charge in [0.15, 0.2) is 0 Å². The predicted octanol–water partition coefficient (Wildman–Crippen LogP) is 4.02. The standard InChI is InChI=1S/C16H27NO/c1-13(2)16-9-8-15(12-14(16)3)18-11-7-5-4-6-10-17/h8-9,12-13H,4-7,10-11,17H2,1-3H3. The molecule has 18 heavy (non-hydrogen) atoms. The van der Waals surface area contributed by atoms with Crippen molar-refractivity contribution in [2.45, 2.75) is 52.4 Å². The van der Waals surface area contributed by atoms with E-state index < -0.39 is 0 Å². The minimum Gasteiger partial charge on any atom is -0.494 e. The molecular weight excluding hydrogens is 222 g/mol. The molecule has 102 valence electrons. The second kappa shape index (κ2) is 8.15. The lowest BCUT2D eigenvalue weighted by atomic mass is 9.98. The van der Waals surface area contributed by atoms with E-state index in [1.54, 1.807) is 0 Å². The Morgan fingerprint density at radius 3 is 2.44 bits per heavy atom. The van der Waals surface area contributed by atoms with Crippen LogP contribution in [0.4, 0.5) is 0 Å². The first-order chi connectivity index (χ1) is 8.65. The Morgan fingerprint density at radius 1 is 1.11 bits per heavy atom. The van der Waals surface area contributed by atoms with Gasteiger partial charge >= 0.3 is 0 Å². The molecule has 0 amide bonds. The summed E-state index contributed by atoms with van der Waals surface area (Å²) in [6, 6.07) is 6.42. The van der Waals surface area contributed by atoms with Gasteiger partial charge in [0.25, 0.3) is 0 Å². The maximum absolute atomic E-state index is 5.77. The van der Waals surface area contributed by atoms with Crippen LogP contribution in [0.15, 0.2) is 18.2 Å². The maximum atomic E-state index is 5.77. The first kappa shape index (κ1) is 15.0. The van der Waals surface area contributed by atoms with Crippen LogP contribution in [-0.4, -0.2) is 13.2 Å². The molecule has 2 heteroatoms. The zero-order valence-corrected chi connectivity index (χ0v) is 12.0. The Bertz CT molecular complexity index is 347. The highest BCUT2D eigenvalue weighted by Gasteiger charge is 2.04. The lowest BCUT2D eigenvalue weighted by Gasteiger charge is -2.12. The van der Waals surface area contributed by atoms with E-state index in [4.69, 9.17) is 10.5 Å². The second-order valence-corrected chi connectivity index (χ2v) is 5.22. The zero-order chi connectivity index (χ0) is 13.4. The molecule has 1 aromatic rings. The van der Waals surface area contributed by atoms with Crippen molar-refractivity contribution in [3.63, 3.8) is 0 Å². The van der Waals surface area contributed by atoms with Crippen molar-refractivity contribution in [3.05, 3.63) is 29.3 Å².